The van der Waals surface area contributed by atoms with Crippen LogP contribution in [0.15, 0.2) is 24.3 Å². The third-order valence-corrected chi connectivity index (χ3v) is 4.97. The molecule has 1 saturated carbocycles. The highest BCUT2D eigenvalue weighted by Crippen LogP contribution is 2.39. The molecule has 2 atom stereocenters. The van der Waals surface area contributed by atoms with Crippen LogP contribution in [0.2, 0.25) is 0 Å². The van der Waals surface area contributed by atoms with Gasteiger partial charge in [0.25, 0.3) is 5.91 Å². The van der Waals surface area contributed by atoms with E-state index < -0.39 is 11.6 Å². The molecule has 5 nitrogen and oxygen atoms in total. The molecular formula is C20H30N2O3. The van der Waals surface area contributed by atoms with Gasteiger partial charge in [-0.2, -0.15) is 0 Å². The van der Waals surface area contributed by atoms with Gasteiger partial charge in [0, 0.05) is 5.56 Å². The summed E-state index contributed by atoms with van der Waals surface area (Å²) >= 11 is 0. The molecule has 138 valence electrons. The summed E-state index contributed by atoms with van der Waals surface area (Å²) in [5, 5.41) is 15.2. The van der Waals surface area contributed by atoms with Crippen molar-refractivity contribution in [1.29, 1.82) is 0 Å². The Labute approximate surface area is 150 Å². The number of carbonyl (C=O) groups excluding carboxylic acids is 2. The van der Waals surface area contributed by atoms with Crippen LogP contribution in [-0.2, 0) is 10.2 Å². The average molecular weight is 346 g/mol. The molecule has 1 aromatic carbocycles. The van der Waals surface area contributed by atoms with E-state index in [-0.39, 0.29) is 23.8 Å². The first-order chi connectivity index (χ1) is 11.6. The predicted octanol–water partition coefficient (Wildman–Crippen LogP) is 2.38. The van der Waals surface area contributed by atoms with E-state index in [0.29, 0.717) is 11.5 Å². The van der Waals surface area contributed by atoms with Gasteiger partial charge < -0.3 is 15.7 Å². The van der Waals surface area contributed by atoms with E-state index in [2.05, 4.69) is 31.4 Å². The topological polar surface area (TPSA) is 78.4 Å². The Bertz CT molecular complexity index is 629. The molecule has 1 fully saturated rings. The van der Waals surface area contributed by atoms with Crippen molar-refractivity contribution in [3.8, 4) is 0 Å². The van der Waals surface area contributed by atoms with E-state index in [4.69, 9.17) is 0 Å². The summed E-state index contributed by atoms with van der Waals surface area (Å²) in [7, 11) is 0. The number of aliphatic hydroxyl groups excluding tert-OH is 1. The maximum absolute atomic E-state index is 12.4. The predicted molar refractivity (Wildman–Crippen MR) is 98.4 cm³/mol. The highest BCUT2D eigenvalue weighted by atomic mass is 16.3. The zero-order valence-electron chi connectivity index (χ0n) is 15.8. The molecule has 5 heteroatoms. The van der Waals surface area contributed by atoms with Gasteiger partial charge in [0.2, 0.25) is 5.91 Å². The normalized spacial score (nSPS) is 18.2. The minimum absolute atomic E-state index is 0.0275. The summed E-state index contributed by atoms with van der Waals surface area (Å²) in [6.45, 7) is 9.76. The second-order valence-electron chi connectivity index (χ2n) is 8.36. The first-order valence-electron chi connectivity index (χ1n) is 8.91. The van der Waals surface area contributed by atoms with E-state index >= 15 is 0 Å². The first kappa shape index (κ1) is 19.4. The van der Waals surface area contributed by atoms with Crippen LogP contribution in [0, 0.1) is 5.92 Å². The molecule has 2 amide bonds. The van der Waals surface area contributed by atoms with E-state index in [1.165, 1.54) is 0 Å². The molecule has 0 bridgehead atoms. The third-order valence-electron chi connectivity index (χ3n) is 4.97. The Morgan fingerprint density at radius 1 is 1.16 bits per heavy atom. The summed E-state index contributed by atoms with van der Waals surface area (Å²) in [5.41, 5.74) is 1.10. The quantitative estimate of drug-likeness (QED) is 0.740. The van der Waals surface area contributed by atoms with Crippen LogP contribution in [0.5, 0.6) is 0 Å². The maximum atomic E-state index is 12.4. The fourth-order valence-corrected chi connectivity index (χ4v) is 2.85. The van der Waals surface area contributed by atoms with Crippen molar-refractivity contribution in [3.63, 3.8) is 0 Å². The van der Waals surface area contributed by atoms with Crippen LogP contribution < -0.4 is 10.6 Å². The fraction of sp³-hybridized carbons (Fsp3) is 0.600. The van der Waals surface area contributed by atoms with E-state index in [9.17, 15) is 14.7 Å². The highest BCUT2D eigenvalue weighted by Gasteiger charge is 2.42. The minimum atomic E-state index is -0.667. The molecule has 1 aliphatic rings. The number of amides is 2. The summed E-state index contributed by atoms with van der Waals surface area (Å²) in [6, 6.07) is 6.77. The lowest BCUT2D eigenvalue weighted by atomic mass is 9.86. The average Bonchev–Trinajstić information content (AvgIpc) is 3.39. The molecule has 3 N–H and O–H groups in total. The summed E-state index contributed by atoms with van der Waals surface area (Å²) < 4.78 is 0. The molecular weight excluding hydrogens is 316 g/mol. The van der Waals surface area contributed by atoms with Crippen molar-refractivity contribution < 1.29 is 14.7 Å². The SMILES string of the molecule is CC(NC(=O)c1ccc(C(C)(C)C)cc1)C(=O)NC(C)(CO)C1CC1. The summed E-state index contributed by atoms with van der Waals surface area (Å²) in [4.78, 5) is 24.7. The molecule has 0 saturated heterocycles. The van der Waals surface area contributed by atoms with Crippen LogP contribution in [0.3, 0.4) is 0 Å². The van der Waals surface area contributed by atoms with Crippen LogP contribution >= 0.6 is 0 Å². The number of hydrogen-bond donors (Lipinski definition) is 3. The zero-order chi connectivity index (χ0) is 18.8. The Morgan fingerprint density at radius 2 is 1.72 bits per heavy atom. The minimum Gasteiger partial charge on any atom is -0.394 e. The van der Waals surface area contributed by atoms with Gasteiger partial charge in [0.05, 0.1) is 12.1 Å². The van der Waals surface area contributed by atoms with Gasteiger partial charge in [-0.1, -0.05) is 32.9 Å². The van der Waals surface area contributed by atoms with Gasteiger partial charge in [0.15, 0.2) is 0 Å². The Balaban J connectivity index is 1.96. The van der Waals surface area contributed by atoms with Crippen molar-refractivity contribution in [2.45, 2.75) is 64.5 Å². The summed E-state index contributed by atoms with van der Waals surface area (Å²) in [6.07, 6.45) is 2.02. The van der Waals surface area contributed by atoms with Crippen molar-refractivity contribution in [3.05, 3.63) is 35.4 Å². The number of hydrogen-bond acceptors (Lipinski definition) is 3. The van der Waals surface area contributed by atoms with Crippen LogP contribution in [-0.4, -0.2) is 35.1 Å². The number of aliphatic hydroxyl groups is 1. The fourth-order valence-electron chi connectivity index (χ4n) is 2.85. The van der Waals surface area contributed by atoms with E-state index in [1.54, 1.807) is 19.1 Å². The number of carbonyl (C=O) groups is 2. The van der Waals surface area contributed by atoms with Gasteiger partial charge in [0.1, 0.15) is 6.04 Å². The van der Waals surface area contributed by atoms with Crippen LogP contribution in [0.4, 0.5) is 0 Å². The van der Waals surface area contributed by atoms with Gasteiger partial charge in [-0.25, -0.2) is 0 Å². The third kappa shape index (κ3) is 4.82. The second-order valence-corrected chi connectivity index (χ2v) is 8.36. The number of rotatable bonds is 6. The first-order valence-corrected chi connectivity index (χ1v) is 8.91. The molecule has 2 rings (SSSR count). The molecule has 0 heterocycles. The molecule has 0 aliphatic heterocycles. The van der Waals surface area contributed by atoms with Gasteiger partial charge >= 0.3 is 0 Å². The lowest BCUT2D eigenvalue weighted by Gasteiger charge is -2.30. The Morgan fingerprint density at radius 3 is 2.16 bits per heavy atom. The van der Waals surface area contributed by atoms with Crippen molar-refractivity contribution in [2.75, 3.05) is 6.61 Å². The largest absolute Gasteiger partial charge is 0.394 e. The van der Waals surface area contributed by atoms with Gasteiger partial charge in [-0.15, -0.1) is 0 Å². The maximum Gasteiger partial charge on any atom is 0.251 e. The van der Waals surface area contributed by atoms with Crippen molar-refractivity contribution in [2.24, 2.45) is 5.92 Å². The number of nitrogens with one attached hydrogen (secondary N) is 2. The second kappa shape index (κ2) is 7.16. The molecule has 0 aromatic heterocycles. The number of benzene rings is 1. The molecule has 25 heavy (non-hydrogen) atoms. The lowest BCUT2D eigenvalue weighted by molar-refractivity contribution is -0.125. The lowest BCUT2D eigenvalue weighted by Crippen LogP contribution is -2.56. The van der Waals surface area contributed by atoms with Crippen molar-refractivity contribution >= 4 is 11.8 Å². The monoisotopic (exact) mass is 346 g/mol. The smallest absolute Gasteiger partial charge is 0.251 e. The van der Waals surface area contributed by atoms with Crippen LogP contribution in [0.25, 0.3) is 0 Å². The van der Waals surface area contributed by atoms with Crippen molar-refractivity contribution in [1.82, 2.24) is 10.6 Å². The molecule has 2 unspecified atom stereocenters. The standard InChI is InChI=1S/C20H30N2O3/c1-13(17(24)22-20(5,12-23)16-10-11-16)21-18(25)14-6-8-15(9-7-14)19(2,3)4/h6-9,13,16,23H,10-12H2,1-5H3,(H,21,25)(H,22,24). The van der Waals surface area contributed by atoms with Gasteiger partial charge in [-0.05, 0) is 55.7 Å². The van der Waals surface area contributed by atoms with Crippen LogP contribution in [0.1, 0.15) is 63.4 Å². The Hall–Kier alpha value is -1.88. The molecule has 0 spiro atoms. The van der Waals surface area contributed by atoms with E-state index in [0.717, 1.165) is 18.4 Å². The molecule has 1 aromatic rings. The summed E-state index contributed by atoms with van der Waals surface area (Å²) in [5.74, 6) is -0.238. The highest BCUT2D eigenvalue weighted by molar-refractivity contribution is 5.97. The van der Waals surface area contributed by atoms with E-state index in [1.807, 2.05) is 19.1 Å². The van der Waals surface area contributed by atoms with Gasteiger partial charge in [-0.3, -0.25) is 9.59 Å². The molecule has 0 radical (unpaired) electrons. The zero-order valence-corrected chi connectivity index (χ0v) is 15.8. The Kier molecular flexibility index (Phi) is 5.57. The molecule has 1 aliphatic carbocycles.